The second-order valence-corrected chi connectivity index (χ2v) is 5.25. The molecule has 16 heavy (non-hydrogen) atoms. The van der Waals surface area contributed by atoms with Crippen LogP contribution in [0.3, 0.4) is 0 Å². The highest BCUT2D eigenvalue weighted by Gasteiger charge is 2.40. The van der Waals surface area contributed by atoms with Crippen molar-refractivity contribution in [2.24, 2.45) is 5.41 Å². The Kier molecular flexibility index (Phi) is 3.56. The van der Waals surface area contributed by atoms with E-state index in [9.17, 15) is 5.11 Å². The van der Waals surface area contributed by atoms with Gasteiger partial charge in [-0.1, -0.05) is 49.6 Å². The fourth-order valence-electron chi connectivity index (χ4n) is 2.93. The molecule has 1 aliphatic carbocycles. The Labute approximate surface area is 102 Å². The maximum absolute atomic E-state index is 10.6. The molecule has 1 nitrogen and oxygen atoms in total. The molecule has 0 spiro atoms. The third-order valence-corrected chi connectivity index (χ3v) is 4.43. The first kappa shape index (κ1) is 11.9. The summed E-state index contributed by atoms with van der Waals surface area (Å²) in [4.78, 5) is 0. The molecule has 1 fully saturated rings. The van der Waals surface area contributed by atoms with Crippen molar-refractivity contribution in [3.63, 3.8) is 0 Å². The SMILES string of the molecule is CCC1(C(O)c2ccccc2Cl)CCCC1. The lowest BCUT2D eigenvalue weighted by molar-refractivity contribution is 0.0238. The molecule has 1 aromatic carbocycles. The normalized spacial score (nSPS) is 20.9. The Morgan fingerprint density at radius 3 is 2.50 bits per heavy atom. The van der Waals surface area contributed by atoms with Gasteiger partial charge in [-0.15, -0.1) is 0 Å². The van der Waals surface area contributed by atoms with Gasteiger partial charge in [-0.25, -0.2) is 0 Å². The van der Waals surface area contributed by atoms with Crippen LogP contribution in [0.15, 0.2) is 24.3 Å². The van der Waals surface area contributed by atoms with E-state index in [4.69, 9.17) is 11.6 Å². The smallest absolute Gasteiger partial charge is 0.0860 e. The maximum Gasteiger partial charge on any atom is 0.0860 e. The highest BCUT2D eigenvalue weighted by atomic mass is 35.5. The minimum atomic E-state index is -0.409. The topological polar surface area (TPSA) is 20.2 Å². The maximum atomic E-state index is 10.6. The summed E-state index contributed by atoms with van der Waals surface area (Å²) in [6.07, 6.45) is 5.32. The standard InChI is InChI=1S/C14H19ClO/c1-2-14(9-5-6-10-14)13(16)11-7-3-4-8-12(11)15/h3-4,7-8,13,16H,2,5-6,9-10H2,1H3. The van der Waals surface area contributed by atoms with Gasteiger partial charge in [0.1, 0.15) is 0 Å². The van der Waals surface area contributed by atoms with Gasteiger partial charge in [-0.05, 0) is 30.9 Å². The fraction of sp³-hybridized carbons (Fsp3) is 0.571. The van der Waals surface area contributed by atoms with Crippen molar-refractivity contribution >= 4 is 11.6 Å². The predicted octanol–water partition coefficient (Wildman–Crippen LogP) is 4.34. The first-order valence-corrected chi connectivity index (χ1v) is 6.50. The Morgan fingerprint density at radius 2 is 1.94 bits per heavy atom. The quantitative estimate of drug-likeness (QED) is 0.831. The summed E-state index contributed by atoms with van der Waals surface area (Å²) in [6, 6.07) is 7.66. The molecule has 0 aliphatic heterocycles. The Morgan fingerprint density at radius 1 is 1.31 bits per heavy atom. The second kappa shape index (κ2) is 4.77. The van der Waals surface area contributed by atoms with E-state index in [0.29, 0.717) is 5.02 Å². The van der Waals surface area contributed by atoms with Gasteiger partial charge in [-0.3, -0.25) is 0 Å². The van der Waals surface area contributed by atoms with E-state index in [-0.39, 0.29) is 5.41 Å². The van der Waals surface area contributed by atoms with Crippen molar-refractivity contribution in [3.8, 4) is 0 Å². The molecule has 88 valence electrons. The van der Waals surface area contributed by atoms with Gasteiger partial charge in [0.2, 0.25) is 0 Å². The zero-order valence-electron chi connectivity index (χ0n) is 9.75. The van der Waals surface area contributed by atoms with Crippen LogP contribution >= 0.6 is 11.6 Å². The van der Waals surface area contributed by atoms with Crippen LogP contribution < -0.4 is 0 Å². The monoisotopic (exact) mass is 238 g/mol. The van der Waals surface area contributed by atoms with Crippen molar-refractivity contribution in [2.75, 3.05) is 0 Å². The molecule has 1 unspecified atom stereocenters. The molecule has 1 saturated carbocycles. The molecule has 0 amide bonds. The average Bonchev–Trinajstić information content (AvgIpc) is 2.78. The third-order valence-electron chi connectivity index (χ3n) is 4.08. The largest absolute Gasteiger partial charge is 0.388 e. The van der Waals surface area contributed by atoms with E-state index in [0.717, 1.165) is 24.8 Å². The van der Waals surface area contributed by atoms with E-state index < -0.39 is 6.10 Å². The molecule has 1 N–H and O–H groups in total. The summed E-state index contributed by atoms with van der Waals surface area (Å²) in [5.74, 6) is 0. The van der Waals surface area contributed by atoms with Crippen LogP contribution in [0, 0.1) is 5.41 Å². The molecular weight excluding hydrogens is 220 g/mol. The molecule has 0 heterocycles. The number of hydrogen-bond acceptors (Lipinski definition) is 1. The summed E-state index contributed by atoms with van der Waals surface area (Å²) < 4.78 is 0. The lowest BCUT2D eigenvalue weighted by atomic mass is 9.75. The number of hydrogen-bond donors (Lipinski definition) is 1. The van der Waals surface area contributed by atoms with E-state index >= 15 is 0 Å². The average molecular weight is 239 g/mol. The van der Waals surface area contributed by atoms with Gasteiger partial charge in [0, 0.05) is 10.4 Å². The molecule has 1 aromatic rings. The van der Waals surface area contributed by atoms with Gasteiger partial charge >= 0.3 is 0 Å². The van der Waals surface area contributed by atoms with Crippen LogP contribution in [0.1, 0.15) is 50.7 Å². The van der Waals surface area contributed by atoms with Crippen LogP contribution in [-0.4, -0.2) is 5.11 Å². The highest BCUT2D eigenvalue weighted by molar-refractivity contribution is 6.31. The molecule has 2 rings (SSSR count). The third kappa shape index (κ3) is 1.99. The van der Waals surface area contributed by atoms with E-state index in [1.165, 1.54) is 12.8 Å². The van der Waals surface area contributed by atoms with Gasteiger partial charge < -0.3 is 5.11 Å². The second-order valence-electron chi connectivity index (χ2n) is 4.85. The molecule has 0 bridgehead atoms. The first-order chi connectivity index (χ1) is 7.69. The lowest BCUT2D eigenvalue weighted by Gasteiger charge is -2.34. The minimum Gasteiger partial charge on any atom is -0.388 e. The van der Waals surface area contributed by atoms with E-state index in [1.54, 1.807) is 0 Å². The Balaban J connectivity index is 2.30. The van der Waals surface area contributed by atoms with Gasteiger partial charge in [-0.2, -0.15) is 0 Å². The van der Waals surface area contributed by atoms with Crippen molar-refractivity contribution in [1.82, 2.24) is 0 Å². The Hall–Kier alpha value is -0.530. The summed E-state index contributed by atoms with van der Waals surface area (Å²) in [5.41, 5.74) is 0.957. The van der Waals surface area contributed by atoms with Crippen molar-refractivity contribution in [2.45, 2.75) is 45.1 Å². The van der Waals surface area contributed by atoms with E-state index in [1.807, 2.05) is 24.3 Å². The first-order valence-electron chi connectivity index (χ1n) is 6.12. The molecule has 2 heteroatoms. The molecule has 0 saturated heterocycles. The molecule has 0 radical (unpaired) electrons. The number of benzene rings is 1. The van der Waals surface area contributed by atoms with Crippen molar-refractivity contribution < 1.29 is 5.11 Å². The summed E-state index contributed by atoms with van der Waals surface area (Å²) >= 11 is 6.16. The van der Waals surface area contributed by atoms with Crippen LogP contribution in [0.25, 0.3) is 0 Å². The highest BCUT2D eigenvalue weighted by Crippen LogP contribution is 2.50. The number of aliphatic hydroxyl groups excluding tert-OH is 1. The molecule has 1 atom stereocenters. The minimum absolute atomic E-state index is 0.0605. The fourth-order valence-corrected chi connectivity index (χ4v) is 3.17. The summed E-state index contributed by atoms with van der Waals surface area (Å²) in [6.45, 7) is 2.17. The predicted molar refractivity (Wildman–Crippen MR) is 67.6 cm³/mol. The Bertz CT molecular complexity index is 356. The summed E-state index contributed by atoms with van der Waals surface area (Å²) in [5, 5.41) is 11.3. The molecule has 1 aliphatic rings. The van der Waals surface area contributed by atoms with Crippen LogP contribution in [-0.2, 0) is 0 Å². The number of rotatable bonds is 3. The van der Waals surface area contributed by atoms with Crippen LogP contribution in [0.2, 0.25) is 5.02 Å². The van der Waals surface area contributed by atoms with E-state index in [2.05, 4.69) is 6.92 Å². The number of aliphatic hydroxyl groups is 1. The van der Waals surface area contributed by atoms with Crippen LogP contribution in [0.4, 0.5) is 0 Å². The van der Waals surface area contributed by atoms with Crippen LogP contribution in [0.5, 0.6) is 0 Å². The summed E-state index contributed by atoms with van der Waals surface area (Å²) in [7, 11) is 0. The van der Waals surface area contributed by atoms with Crippen molar-refractivity contribution in [1.29, 1.82) is 0 Å². The van der Waals surface area contributed by atoms with Gasteiger partial charge in [0.05, 0.1) is 6.10 Å². The lowest BCUT2D eigenvalue weighted by Crippen LogP contribution is -2.25. The molecular formula is C14H19ClO. The molecule has 0 aromatic heterocycles. The van der Waals surface area contributed by atoms with Gasteiger partial charge in [0.25, 0.3) is 0 Å². The van der Waals surface area contributed by atoms with Gasteiger partial charge in [0.15, 0.2) is 0 Å². The van der Waals surface area contributed by atoms with Crippen molar-refractivity contribution in [3.05, 3.63) is 34.9 Å². The number of halogens is 1. The zero-order valence-corrected chi connectivity index (χ0v) is 10.5. The zero-order chi connectivity index (χ0) is 11.6.